The molecular formula is C13H20N4O3. The largest absolute Gasteiger partial charge is 0.481 e. The second-order valence-electron chi connectivity index (χ2n) is 5.26. The average molecular weight is 280 g/mol. The fraction of sp³-hybridized carbons (Fsp3) is 0.615. The fourth-order valence-corrected chi connectivity index (χ4v) is 2.50. The first-order valence-corrected chi connectivity index (χ1v) is 6.73. The number of nitrogens with zero attached hydrogens (tertiary/aromatic N) is 3. The van der Waals surface area contributed by atoms with Crippen molar-refractivity contribution in [2.75, 3.05) is 18.4 Å². The molecule has 0 bridgehead atoms. The van der Waals surface area contributed by atoms with Gasteiger partial charge in [0.15, 0.2) is 0 Å². The lowest BCUT2D eigenvalue weighted by atomic mass is 9.94. The second kappa shape index (κ2) is 5.94. The van der Waals surface area contributed by atoms with Crippen LogP contribution >= 0.6 is 0 Å². The van der Waals surface area contributed by atoms with Crippen LogP contribution in [0.5, 0.6) is 0 Å². The first-order valence-electron chi connectivity index (χ1n) is 6.73. The standard InChI is InChI=1S/C13H20N4O3/c1-9-11(8-16(2)15-9)14-13(20)17-5-3-10(4-6-17)7-12(18)19/h8,10H,3-7H2,1-2H3,(H,14,20)(H,18,19). The topological polar surface area (TPSA) is 87.5 Å². The Bertz CT molecular complexity index is 504. The summed E-state index contributed by atoms with van der Waals surface area (Å²) in [6.07, 6.45) is 3.44. The molecule has 0 saturated carbocycles. The van der Waals surface area contributed by atoms with Crippen LogP contribution in [0.3, 0.4) is 0 Å². The predicted octanol–water partition coefficient (Wildman–Crippen LogP) is 1.45. The highest BCUT2D eigenvalue weighted by molar-refractivity contribution is 5.89. The maximum absolute atomic E-state index is 12.1. The maximum atomic E-state index is 12.1. The van der Waals surface area contributed by atoms with Crippen molar-refractivity contribution in [3.63, 3.8) is 0 Å². The molecule has 2 heterocycles. The van der Waals surface area contributed by atoms with Crippen molar-refractivity contribution in [2.24, 2.45) is 13.0 Å². The number of hydrogen-bond acceptors (Lipinski definition) is 3. The summed E-state index contributed by atoms with van der Waals surface area (Å²) in [7, 11) is 1.81. The molecular weight excluding hydrogens is 260 g/mol. The van der Waals surface area contributed by atoms with Crippen LogP contribution in [0.2, 0.25) is 0 Å². The van der Waals surface area contributed by atoms with Gasteiger partial charge in [-0.15, -0.1) is 0 Å². The van der Waals surface area contributed by atoms with Gasteiger partial charge >= 0.3 is 12.0 Å². The first-order chi connectivity index (χ1) is 9.45. The number of urea groups is 1. The Hall–Kier alpha value is -2.05. The summed E-state index contributed by atoms with van der Waals surface area (Å²) in [4.78, 5) is 24.5. The average Bonchev–Trinajstić information content (AvgIpc) is 2.68. The number of anilines is 1. The normalized spacial score (nSPS) is 16.2. The van der Waals surface area contributed by atoms with E-state index in [9.17, 15) is 9.59 Å². The summed E-state index contributed by atoms with van der Waals surface area (Å²) < 4.78 is 1.66. The third-order valence-corrected chi connectivity index (χ3v) is 3.62. The Morgan fingerprint density at radius 3 is 2.60 bits per heavy atom. The van der Waals surface area contributed by atoms with Crippen LogP contribution in [0.4, 0.5) is 10.5 Å². The van der Waals surface area contributed by atoms with Gasteiger partial charge in [-0.1, -0.05) is 0 Å². The molecule has 2 rings (SSSR count). The molecule has 2 N–H and O–H groups in total. The van der Waals surface area contributed by atoms with Crippen molar-refractivity contribution in [3.8, 4) is 0 Å². The molecule has 1 saturated heterocycles. The number of hydrogen-bond donors (Lipinski definition) is 2. The van der Waals surface area contributed by atoms with Crippen molar-refractivity contribution in [1.29, 1.82) is 0 Å². The van der Waals surface area contributed by atoms with Crippen molar-refractivity contribution in [3.05, 3.63) is 11.9 Å². The zero-order chi connectivity index (χ0) is 14.7. The molecule has 20 heavy (non-hydrogen) atoms. The smallest absolute Gasteiger partial charge is 0.321 e. The van der Waals surface area contributed by atoms with E-state index in [0.717, 1.165) is 18.5 Å². The van der Waals surface area contributed by atoms with E-state index in [2.05, 4.69) is 10.4 Å². The van der Waals surface area contributed by atoms with E-state index >= 15 is 0 Å². The molecule has 0 aromatic carbocycles. The molecule has 0 unspecified atom stereocenters. The second-order valence-corrected chi connectivity index (χ2v) is 5.26. The van der Waals surface area contributed by atoms with Gasteiger partial charge in [-0.3, -0.25) is 9.48 Å². The van der Waals surface area contributed by atoms with E-state index in [0.29, 0.717) is 18.8 Å². The first kappa shape index (κ1) is 14.4. The Morgan fingerprint density at radius 1 is 1.45 bits per heavy atom. The molecule has 1 aliphatic rings. The van der Waals surface area contributed by atoms with E-state index in [1.807, 2.05) is 6.92 Å². The van der Waals surface area contributed by atoms with E-state index < -0.39 is 5.97 Å². The van der Waals surface area contributed by atoms with E-state index in [-0.39, 0.29) is 18.4 Å². The van der Waals surface area contributed by atoms with Crippen LogP contribution in [-0.4, -0.2) is 44.9 Å². The molecule has 1 aromatic heterocycles. The molecule has 0 spiro atoms. The number of amides is 2. The lowest BCUT2D eigenvalue weighted by Crippen LogP contribution is -2.41. The van der Waals surface area contributed by atoms with Gasteiger partial charge in [0.2, 0.25) is 0 Å². The van der Waals surface area contributed by atoms with Gasteiger partial charge in [0.1, 0.15) is 0 Å². The zero-order valence-corrected chi connectivity index (χ0v) is 11.8. The Morgan fingerprint density at radius 2 is 2.10 bits per heavy atom. The van der Waals surface area contributed by atoms with Crippen LogP contribution in [0.1, 0.15) is 25.0 Å². The van der Waals surface area contributed by atoms with Gasteiger partial charge in [-0.05, 0) is 25.7 Å². The number of aryl methyl sites for hydroxylation is 2. The number of rotatable bonds is 3. The molecule has 110 valence electrons. The minimum atomic E-state index is -0.765. The van der Waals surface area contributed by atoms with Crippen molar-refractivity contribution < 1.29 is 14.7 Å². The highest BCUT2D eigenvalue weighted by Crippen LogP contribution is 2.21. The molecule has 0 radical (unpaired) electrons. The molecule has 2 amide bonds. The molecule has 0 aliphatic carbocycles. The Balaban J connectivity index is 1.86. The summed E-state index contributed by atoms with van der Waals surface area (Å²) in [5.74, 6) is -0.587. The van der Waals surface area contributed by atoms with Gasteiger partial charge in [0.05, 0.1) is 11.4 Å². The highest BCUT2D eigenvalue weighted by atomic mass is 16.4. The van der Waals surface area contributed by atoms with Crippen molar-refractivity contribution in [1.82, 2.24) is 14.7 Å². The summed E-state index contributed by atoms with van der Waals surface area (Å²) >= 11 is 0. The summed E-state index contributed by atoms with van der Waals surface area (Å²) in [6.45, 7) is 3.04. The fourth-order valence-electron chi connectivity index (χ4n) is 2.50. The van der Waals surface area contributed by atoms with Crippen LogP contribution < -0.4 is 5.32 Å². The number of aromatic nitrogens is 2. The number of aliphatic carboxylic acids is 1. The number of likely N-dealkylation sites (tertiary alicyclic amines) is 1. The number of carbonyl (C=O) groups is 2. The lowest BCUT2D eigenvalue weighted by Gasteiger charge is -2.31. The number of carboxylic acids is 1. The molecule has 1 aromatic rings. The summed E-state index contributed by atoms with van der Waals surface area (Å²) in [6, 6.07) is -0.144. The van der Waals surface area contributed by atoms with Gasteiger partial charge in [-0.2, -0.15) is 5.10 Å². The molecule has 1 aliphatic heterocycles. The van der Waals surface area contributed by atoms with Crippen molar-refractivity contribution >= 4 is 17.7 Å². The van der Waals surface area contributed by atoms with Crippen LogP contribution in [0.15, 0.2) is 6.20 Å². The van der Waals surface area contributed by atoms with Gasteiger partial charge in [0.25, 0.3) is 0 Å². The van der Waals surface area contributed by atoms with E-state index in [1.54, 1.807) is 22.8 Å². The van der Waals surface area contributed by atoms with Gasteiger partial charge in [-0.25, -0.2) is 4.79 Å². The number of piperidine rings is 1. The monoisotopic (exact) mass is 280 g/mol. The third-order valence-electron chi connectivity index (χ3n) is 3.62. The number of nitrogens with one attached hydrogen (secondary N) is 1. The highest BCUT2D eigenvalue weighted by Gasteiger charge is 2.24. The number of carbonyl (C=O) groups excluding carboxylic acids is 1. The predicted molar refractivity (Wildman–Crippen MR) is 73.5 cm³/mol. The van der Waals surface area contributed by atoms with E-state index in [1.165, 1.54) is 0 Å². The molecule has 0 atom stereocenters. The SMILES string of the molecule is Cc1nn(C)cc1NC(=O)N1CCC(CC(=O)O)CC1. The zero-order valence-electron chi connectivity index (χ0n) is 11.8. The third kappa shape index (κ3) is 3.49. The van der Waals surface area contributed by atoms with E-state index in [4.69, 9.17) is 5.11 Å². The molecule has 7 nitrogen and oxygen atoms in total. The minimum Gasteiger partial charge on any atom is -0.481 e. The van der Waals surface area contributed by atoms with Gasteiger partial charge < -0.3 is 15.3 Å². The summed E-state index contributed by atoms with van der Waals surface area (Å²) in [5, 5.41) is 15.8. The summed E-state index contributed by atoms with van der Waals surface area (Å²) in [5.41, 5.74) is 1.49. The van der Waals surface area contributed by atoms with Crippen molar-refractivity contribution in [2.45, 2.75) is 26.2 Å². The lowest BCUT2D eigenvalue weighted by molar-refractivity contribution is -0.138. The quantitative estimate of drug-likeness (QED) is 0.877. The Labute approximate surface area is 117 Å². The number of carboxylic acid groups (broad SMARTS) is 1. The van der Waals surface area contributed by atoms with Crippen LogP contribution in [0, 0.1) is 12.8 Å². The van der Waals surface area contributed by atoms with Crippen LogP contribution in [-0.2, 0) is 11.8 Å². The Kier molecular flexibility index (Phi) is 4.26. The maximum Gasteiger partial charge on any atom is 0.321 e. The van der Waals surface area contributed by atoms with Gasteiger partial charge in [0, 0.05) is 32.8 Å². The minimum absolute atomic E-state index is 0.144. The van der Waals surface area contributed by atoms with Crippen LogP contribution in [0.25, 0.3) is 0 Å². The molecule has 7 heteroatoms. The molecule has 1 fully saturated rings.